The highest BCUT2D eigenvalue weighted by Gasteiger charge is 2.38. The molecule has 1 saturated heterocycles. The van der Waals surface area contributed by atoms with E-state index in [-0.39, 0.29) is 16.9 Å². The van der Waals surface area contributed by atoms with Crippen molar-refractivity contribution < 1.29 is 19.2 Å². The molecule has 1 aliphatic rings. The molecule has 0 aliphatic carbocycles. The maximum absolute atomic E-state index is 12.2. The van der Waals surface area contributed by atoms with Crippen LogP contribution in [0.15, 0.2) is 0 Å². The van der Waals surface area contributed by atoms with Crippen molar-refractivity contribution in [3.8, 4) is 0 Å². The lowest BCUT2D eigenvalue weighted by atomic mass is 10.2. The van der Waals surface area contributed by atoms with Gasteiger partial charge in [0.1, 0.15) is 18.1 Å². The Kier molecular flexibility index (Phi) is 5.36. The van der Waals surface area contributed by atoms with Crippen molar-refractivity contribution in [2.24, 2.45) is 0 Å². The van der Waals surface area contributed by atoms with Crippen LogP contribution in [0.3, 0.4) is 0 Å². The number of carbonyl (C=O) groups excluding carboxylic acids is 4. The second kappa shape index (κ2) is 6.61. The van der Waals surface area contributed by atoms with E-state index in [1.54, 1.807) is 6.92 Å². The Morgan fingerprint density at radius 1 is 1.24 bits per heavy atom. The molecule has 3 atom stereocenters. The quantitative estimate of drug-likeness (QED) is 0.556. The Labute approximate surface area is 127 Å². The number of thiocarbonyl (C=S) groups is 1. The maximum Gasteiger partial charge on any atom is 0.251 e. The van der Waals surface area contributed by atoms with Gasteiger partial charge in [-0.3, -0.25) is 24.1 Å². The predicted octanol–water partition coefficient (Wildman–Crippen LogP) is -1.35. The van der Waals surface area contributed by atoms with Crippen LogP contribution in [0.5, 0.6) is 0 Å². The summed E-state index contributed by atoms with van der Waals surface area (Å²) in [6.45, 7) is 5.82. The Morgan fingerprint density at radius 3 is 2.24 bits per heavy atom. The Balaban J connectivity index is 2.67. The summed E-state index contributed by atoms with van der Waals surface area (Å²) in [5.41, 5.74) is 0. The largest absolute Gasteiger partial charge is 0.345 e. The first-order valence-electron chi connectivity index (χ1n) is 6.40. The summed E-state index contributed by atoms with van der Waals surface area (Å²) in [6, 6.07) is -2.35. The fourth-order valence-corrected chi connectivity index (χ4v) is 2.18. The van der Waals surface area contributed by atoms with Crippen LogP contribution < -0.4 is 16.0 Å². The number of nitrogens with one attached hydrogen (secondary N) is 3. The van der Waals surface area contributed by atoms with Gasteiger partial charge in [0.25, 0.3) is 5.91 Å². The van der Waals surface area contributed by atoms with Crippen LogP contribution in [0.2, 0.25) is 0 Å². The minimum absolute atomic E-state index is 0.0218. The highest BCUT2D eigenvalue weighted by Crippen LogP contribution is 2.10. The summed E-state index contributed by atoms with van der Waals surface area (Å²) in [4.78, 5) is 47.5. The lowest BCUT2D eigenvalue weighted by Gasteiger charge is -2.24. The van der Waals surface area contributed by atoms with E-state index in [0.717, 1.165) is 4.90 Å². The van der Waals surface area contributed by atoms with E-state index in [1.807, 2.05) is 0 Å². The summed E-state index contributed by atoms with van der Waals surface area (Å²) in [5, 5.41) is 7.29. The van der Waals surface area contributed by atoms with Gasteiger partial charge >= 0.3 is 0 Å². The van der Waals surface area contributed by atoms with Crippen LogP contribution in [0.1, 0.15) is 27.7 Å². The van der Waals surface area contributed by atoms with E-state index < -0.39 is 29.9 Å². The maximum atomic E-state index is 12.2. The second-order valence-electron chi connectivity index (χ2n) is 4.83. The van der Waals surface area contributed by atoms with Gasteiger partial charge in [-0.2, -0.15) is 0 Å². The first-order chi connectivity index (χ1) is 9.65. The molecule has 0 aromatic rings. The third-order valence-electron chi connectivity index (χ3n) is 3.00. The lowest BCUT2D eigenvalue weighted by Crippen LogP contribution is -2.53. The van der Waals surface area contributed by atoms with Crippen molar-refractivity contribution in [1.29, 1.82) is 0 Å². The van der Waals surface area contributed by atoms with Crippen LogP contribution in [-0.4, -0.2) is 51.8 Å². The van der Waals surface area contributed by atoms with Crippen LogP contribution in [0.4, 0.5) is 0 Å². The number of hydrogen-bond donors (Lipinski definition) is 3. The van der Waals surface area contributed by atoms with Gasteiger partial charge in [-0.25, -0.2) is 0 Å². The second-order valence-corrected chi connectivity index (χ2v) is 5.22. The molecular formula is C12H18N4O4S. The first kappa shape index (κ1) is 17.0. The van der Waals surface area contributed by atoms with Crippen molar-refractivity contribution in [3.63, 3.8) is 0 Å². The molecule has 0 aromatic carbocycles. The molecule has 3 N–H and O–H groups in total. The zero-order valence-electron chi connectivity index (χ0n) is 12.2. The Bertz CT molecular complexity index is 507. The molecule has 1 fully saturated rings. The molecule has 21 heavy (non-hydrogen) atoms. The molecule has 1 aliphatic heterocycles. The van der Waals surface area contributed by atoms with Gasteiger partial charge in [-0.05, 0) is 33.0 Å². The van der Waals surface area contributed by atoms with E-state index in [4.69, 9.17) is 12.2 Å². The van der Waals surface area contributed by atoms with Crippen LogP contribution in [-0.2, 0) is 19.2 Å². The zero-order valence-corrected chi connectivity index (χ0v) is 13.0. The summed E-state index contributed by atoms with van der Waals surface area (Å²) in [5.74, 6) is -1.70. The number of amides is 4. The topological polar surface area (TPSA) is 108 Å². The van der Waals surface area contributed by atoms with Gasteiger partial charge in [0, 0.05) is 6.92 Å². The van der Waals surface area contributed by atoms with Gasteiger partial charge in [0.05, 0.1) is 0 Å². The van der Waals surface area contributed by atoms with E-state index in [9.17, 15) is 19.2 Å². The number of hydrogen-bond acceptors (Lipinski definition) is 5. The molecular weight excluding hydrogens is 296 g/mol. The third-order valence-corrected chi connectivity index (χ3v) is 3.29. The van der Waals surface area contributed by atoms with E-state index >= 15 is 0 Å². The average molecular weight is 314 g/mol. The normalized spacial score (nSPS) is 20.6. The molecule has 116 valence electrons. The lowest BCUT2D eigenvalue weighted by molar-refractivity contribution is -0.136. The van der Waals surface area contributed by atoms with E-state index in [0.29, 0.717) is 0 Å². The van der Waals surface area contributed by atoms with Crippen LogP contribution in [0, 0.1) is 0 Å². The van der Waals surface area contributed by atoms with Crippen molar-refractivity contribution in [2.75, 3.05) is 0 Å². The van der Waals surface area contributed by atoms with Gasteiger partial charge in [-0.15, -0.1) is 0 Å². The van der Waals surface area contributed by atoms with Crippen molar-refractivity contribution in [3.05, 3.63) is 0 Å². The summed E-state index contributed by atoms with van der Waals surface area (Å²) >= 11 is 4.92. The zero-order chi connectivity index (χ0) is 16.3. The van der Waals surface area contributed by atoms with Crippen LogP contribution in [0.25, 0.3) is 0 Å². The highest BCUT2D eigenvalue weighted by atomic mass is 32.1. The molecule has 9 heteroatoms. The number of carbonyl (C=O) groups is 4. The number of nitrogens with zero attached hydrogens (tertiary/aromatic N) is 1. The molecule has 4 amide bonds. The van der Waals surface area contributed by atoms with Crippen molar-refractivity contribution in [1.82, 2.24) is 20.9 Å². The summed E-state index contributed by atoms with van der Waals surface area (Å²) in [7, 11) is 0. The van der Waals surface area contributed by atoms with Gasteiger partial charge in [0.2, 0.25) is 17.7 Å². The molecule has 0 radical (unpaired) electrons. The molecule has 0 spiro atoms. The van der Waals surface area contributed by atoms with Crippen molar-refractivity contribution >= 4 is 41.0 Å². The minimum Gasteiger partial charge on any atom is -0.345 e. The molecule has 8 nitrogen and oxygen atoms in total. The fraction of sp³-hybridized carbons (Fsp3) is 0.583. The third kappa shape index (κ3) is 3.97. The molecule has 0 unspecified atom stereocenters. The molecule has 1 heterocycles. The molecule has 0 bridgehead atoms. The monoisotopic (exact) mass is 314 g/mol. The molecule has 0 saturated carbocycles. The average Bonchev–Trinajstić information content (AvgIpc) is 2.61. The Morgan fingerprint density at radius 2 is 1.81 bits per heavy atom. The fourth-order valence-electron chi connectivity index (χ4n) is 1.83. The van der Waals surface area contributed by atoms with Gasteiger partial charge < -0.3 is 16.0 Å². The molecule has 1 rings (SSSR count). The smallest absolute Gasteiger partial charge is 0.251 e. The standard InChI is InChI=1S/C12H18N4O4S/c1-5(13-8(4)17)9(18)14-6(2)11(20)16-7(3)10(19)15-12(16)21/h5-7H,1-4H3,(H,13,17)(H,14,18)(H,15,19,21)/t5-,6-,7-/m0/s1. The predicted molar refractivity (Wildman–Crippen MR) is 77.9 cm³/mol. The van der Waals surface area contributed by atoms with Gasteiger partial charge in [0.15, 0.2) is 5.11 Å². The first-order valence-corrected chi connectivity index (χ1v) is 6.81. The SMILES string of the molecule is CC(=O)N[C@@H](C)C(=O)N[C@@H](C)C(=O)N1C(=S)NC(=O)[C@@H]1C. The summed E-state index contributed by atoms with van der Waals surface area (Å²) < 4.78 is 0. The molecule has 0 aromatic heterocycles. The Hall–Kier alpha value is -2.03. The summed E-state index contributed by atoms with van der Waals surface area (Å²) in [6.07, 6.45) is 0. The van der Waals surface area contributed by atoms with Crippen LogP contribution >= 0.6 is 12.2 Å². The number of rotatable bonds is 4. The highest BCUT2D eigenvalue weighted by molar-refractivity contribution is 7.80. The van der Waals surface area contributed by atoms with Gasteiger partial charge in [-0.1, -0.05) is 0 Å². The minimum atomic E-state index is -0.873. The van der Waals surface area contributed by atoms with Crippen molar-refractivity contribution in [2.45, 2.75) is 45.8 Å². The van der Waals surface area contributed by atoms with E-state index in [2.05, 4.69) is 16.0 Å². The van der Waals surface area contributed by atoms with E-state index in [1.165, 1.54) is 20.8 Å².